The third-order valence-corrected chi connectivity index (χ3v) is 15.7. The number of aromatic hydroxyl groups is 1. The van der Waals surface area contributed by atoms with Gasteiger partial charge in [0, 0.05) is 5.56 Å². The summed E-state index contributed by atoms with van der Waals surface area (Å²) in [7, 11) is -2.06. The summed E-state index contributed by atoms with van der Waals surface area (Å²) < 4.78 is 0. The average molecular weight is 509 g/mol. The number of hydrogen-bond donors (Lipinski definition) is 1. The number of benzene rings is 2. The fourth-order valence-electron chi connectivity index (χ4n) is 7.15. The molecular formula is C34H56OSi. The van der Waals surface area contributed by atoms with Crippen LogP contribution in [0.25, 0.3) is 0 Å². The fourth-order valence-corrected chi connectivity index (χ4v) is 14.3. The summed E-state index contributed by atoms with van der Waals surface area (Å²) in [6.45, 7) is 35.4. The average Bonchev–Trinajstić information content (AvgIpc) is 2.64. The van der Waals surface area contributed by atoms with Crippen molar-refractivity contribution in [2.24, 2.45) is 0 Å². The smallest absolute Gasteiger partial charge is 0.119 e. The van der Waals surface area contributed by atoms with Crippen LogP contribution in [-0.4, -0.2) is 13.2 Å². The van der Waals surface area contributed by atoms with Crippen LogP contribution in [-0.2, 0) is 22.7 Å². The molecule has 0 aliphatic rings. The molecule has 0 bridgehead atoms. The van der Waals surface area contributed by atoms with Crippen molar-refractivity contribution in [3.63, 3.8) is 0 Å². The lowest BCUT2D eigenvalue weighted by molar-refractivity contribution is 0.428. The third kappa shape index (κ3) is 5.79. The molecule has 2 heteroatoms. The van der Waals surface area contributed by atoms with Crippen LogP contribution in [0.5, 0.6) is 5.75 Å². The second kappa shape index (κ2) is 9.64. The maximum absolute atomic E-state index is 11.4. The monoisotopic (exact) mass is 508 g/mol. The van der Waals surface area contributed by atoms with Crippen LogP contribution in [0.4, 0.5) is 0 Å². The molecule has 0 aliphatic heterocycles. The predicted octanol–water partition coefficient (Wildman–Crippen LogP) is 9.78. The number of phenols is 1. The maximum atomic E-state index is 11.4. The molecule has 2 rings (SSSR count). The number of hydrogen-bond acceptors (Lipinski definition) is 1. The van der Waals surface area contributed by atoms with Gasteiger partial charge in [0.25, 0.3) is 0 Å². The largest absolute Gasteiger partial charge is 0.508 e. The van der Waals surface area contributed by atoms with Crippen molar-refractivity contribution < 1.29 is 5.11 Å². The van der Waals surface area contributed by atoms with Gasteiger partial charge in [0.15, 0.2) is 0 Å². The van der Waals surface area contributed by atoms with E-state index in [1.54, 1.807) is 5.19 Å². The van der Waals surface area contributed by atoms with Crippen LogP contribution in [0.1, 0.15) is 126 Å². The molecule has 202 valence electrons. The van der Waals surface area contributed by atoms with Gasteiger partial charge in [-0.1, -0.05) is 139 Å². The molecule has 0 aliphatic carbocycles. The number of phenolic OH excluding ortho intramolecular Hbond substituents is 1. The highest BCUT2D eigenvalue weighted by Crippen LogP contribution is 2.54. The highest BCUT2D eigenvalue weighted by atomic mass is 28.3. The molecule has 36 heavy (non-hydrogen) atoms. The summed E-state index contributed by atoms with van der Waals surface area (Å²) in [4.78, 5) is 0. The van der Waals surface area contributed by atoms with Crippen LogP contribution in [0.2, 0.25) is 16.1 Å². The molecule has 0 fully saturated rings. The Balaban J connectivity index is 2.96. The van der Waals surface area contributed by atoms with Crippen molar-refractivity contribution in [3.05, 3.63) is 58.7 Å². The van der Waals surface area contributed by atoms with Crippen LogP contribution >= 0.6 is 0 Å². The van der Waals surface area contributed by atoms with Crippen molar-refractivity contribution in [2.75, 3.05) is 0 Å². The zero-order chi connectivity index (χ0) is 28.1. The van der Waals surface area contributed by atoms with Gasteiger partial charge in [0.05, 0.1) is 8.07 Å². The van der Waals surface area contributed by atoms with E-state index >= 15 is 0 Å². The summed E-state index contributed by atoms with van der Waals surface area (Å²) >= 11 is 0. The lowest BCUT2D eigenvalue weighted by Crippen LogP contribution is -2.61. The zero-order valence-corrected chi connectivity index (χ0v) is 27.3. The van der Waals surface area contributed by atoms with Crippen molar-refractivity contribution in [2.45, 2.75) is 143 Å². The molecule has 0 saturated carbocycles. The van der Waals surface area contributed by atoms with E-state index < -0.39 is 8.07 Å². The first kappa shape index (κ1) is 30.7. The summed E-state index contributed by atoms with van der Waals surface area (Å²) in [6.07, 6.45) is 1.04. The van der Waals surface area contributed by atoms with E-state index in [0.717, 1.165) is 12.0 Å². The fraction of sp³-hybridized carbons (Fsp3) is 0.647. The Hall–Kier alpha value is -1.54. The highest BCUT2D eigenvalue weighted by molar-refractivity contribution is 6.96. The molecular weight excluding hydrogens is 452 g/mol. The van der Waals surface area contributed by atoms with E-state index in [4.69, 9.17) is 0 Å². The van der Waals surface area contributed by atoms with Crippen molar-refractivity contribution >= 4 is 13.3 Å². The molecule has 0 unspecified atom stereocenters. The second-order valence-electron chi connectivity index (χ2n) is 16.2. The van der Waals surface area contributed by atoms with E-state index in [1.165, 1.54) is 22.7 Å². The minimum atomic E-state index is -2.06. The van der Waals surface area contributed by atoms with Gasteiger partial charge in [-0.2, -0.15) is 0 Å². The van der Waals surface area contributed by atoms with Crippen molar-refractivity contribution in [1.82, 2.24) is 0 Å². The van der Waals surface area contributed by atoms with E-state index in [2.05, 4.69) is 140 Å². The molecule has 2 aromatic carbocycles. The Kier molecular flexibility index (Phi) is 8.22. The maximum Gasteiger partial charge on any atom is 0.119 e. The van der Waals surface area contributed by atoms with Crippen molar-refractivity contribution in [3.8, 4) is 5.75 Å². The van der Waals surface area contributed by atoms with E-state index in [9.17, 15) is 5.11 Å². The Labute approximate surface area is 225 Å². The zero-order valence-electron chi connectivity index (χ0n) is 26.3. The first-order valence-electron chi connectivity index (χ1n) is 13.9. The van der Waals surface area contributed by atoms with Crippen LogP contribution in [0.15, 0.2) is 36.4 Å². The molecule has 0 amide bonds. The summed E-state index contributed by atoms with van der Waals surface area (Å²) in [6, 6.07) is 14.7. The molecule has 0 radical (unpaired) electrons. The SMILES string of the molecule is CC(C)(C)c1cc(O)c(C(C)(C)C)c(C(C)(C)C)c1CC[Si](c1ccccc1)(C(C)(C)C)C(C)(C)C. The highest BCUT2D eigenvalue weighted by Gasteiger charge is 2.53. The van der Waals surface area contributed by atoms with Gasteiger partial charge in [-0.05, 0) is 61.5 Å². The first-order valence-corrected chi connectivity index (χ1v) is 16.1. The van der Waals surface area contributed by atoms with Gasteiger partial charge >= 0.3 is 0 Å². The normalized spacial score (nSPS) is 14.3. The lowest BCUT2D eigenvalue weighted by atomic mass is 9.68. The van der Waals surface area contributed by atoms with Gasteiger partial charge in [-0.3, -0.25) is 0 Å². The Bertz CT molecular complexity index is 1030. The van der Waals surface area contributed by atoms with Crippen molar-refractivity contribution in [1.29, 1.82) is 0 Å². The third-order valence-electron chi connectivity index (χ3n) is 8.30. The molecule has 2 aromatic rings. The minimum Gasteiger partial charge on any atom is -0.508 e. The molecule has 0 atom stereocenters. The van der Waals surface area contributed by atoms with E-state index in [0.29, 0.717) is 5.75 Å². The van der Waals surface area contributed by atoms with Gasteiger partial charge < -0.3 is 5.11 Å². The lowest BCUT2D eigenvalue weighted by Gasteiger charge is -2.53. The van der Waals surface area contributed by atoms with Crippen LogP contribution in [0, 0.1) is 0 Å². The molecule has 0 aromatic heterocycles. The Morgan fingerprint density at radius 2 is 1.06 bits per heavy atom. The molecule has 1 nitrogen and oxygen atoms in total. The quantitative estimate of drug-likeness (QED) is 0.407. The van der Waals surface area contributed by atoms with E-state index in [1.807, 2.05) is 0 Å². The van der Waals surface area contributed by atoms with Crippen LogP contribution in [0.3, 0.4) is 0 Å². The Morgan fingerprint density at radius 3 is 1.42 bits per heavy atom. The minimum absolute atomic E-state index is 0.0519. The standard InChI is InChI=1S/C34H56OSi/c1-30(2,3)26-23-27(35)29(32(7,8)9)28(31(4,5)6)25(26)21-22-36(33(10,11)12,34(13,14)15)24-19-17-16-18-20-24/h16-20,23,35H,21-22H2,1-15H3. The number of rotatable bonds is 4. The molecule has 0 spiro atoms. The second-order valence-corrected chi connectivity index (χ2v) is 22.1. The van der Waals surface area contributed by atoms with Crippen LogP contribution < -0.4 is 5.19 Å². The molecule has 1 N–H and O–H groups in total. The predicted molar refractivity (Wildman–Crippen MR) is 164 cm³/mol. The first-order chi connectivity index (χ1) is 16.0. The summed E-state index contributed by atoms with van der Waals surface area (Å²) in [5.74, 6) is 0.458. The molecule has 0 saturated heterocycles. The van der Waals surface area contributed by atoms with Gasteiger partial charge in [0.1, 0.15) is 5.75 Å². The van der Waals surface area contributed by atoms with E-state index in [-0.39, 0.29) is 26.3 Å². The van der Waals surface area contributed by atoms with Gasteiger partial charge in [-0.25, -0.2) is 0 Å². The summed E-state index contributed by atoms with van der Waals surface area (Å²) in [5.41, 5.74) is 4.99. The Morgan fingerprint density at radius 1 is 0.611 bits per heavy atom. The van der Waals surface area contributed by atoms with Gasteiger partial charge in [0.2, 0.25) is 0 Å². The summed E-state index contributed by atoms with van der Waals surface area (Å²) in [5, 5.41) is 13.4. The van der Waals surface area contributed by atoms with Gasteiger partial charge in [-0.15, -0.1) is 0 Å². The molecule has 0 heterocycles. The topological polar surface area (TPSA) is 20.2 Å².